The second-order valence-electron chi connectivity index (χ2n) is 9.27. The zero-order chi connectivity index (χ0) is 23.4. The first-order valence-corrected chi connectivity index (χ1v) is 12.9. The smallest absolute Gasteiger partial charge is 0.246 e. The Kier molecular flexibility index (Phi) is 8.31. The van der Waals surface area contributed by atoms with Crippen molar-refractivity contribution in [2.24, 2.45) is 5.92 Å². The van der Waals surface area contributed by atoms with Crippen LogP contribution in [0, 0.1) is 5.92 Å². The van der Waals surface area contributed by atoms with Gasteiger partial charge in [0, 0.05) is 35.5 Å². The Morgan fingerprint density at radius 1 is 1.03 bits per heavy atom. The van der Waals surface area contributed by atoms with E-state index in [0.717, 1.165) is 16.5 Å². The molecule has 1 aliphatic heterocycles. The van der Waals surface area contributed by atoms with Gasteiger partial charge in [-0.3, -0.25) is 14.5 Å². The van der Waals surface area contributed by atoms with Crippen molar-refractivity contribution in [3.63, 3.8) is 0 Å². The summed E-state index contributed by atoms with van der Waals surface area (Å²) in [5.74, 6) is 0.745. The van der Waals surface area contributed by atoms with Gasteiger partial charge in [0.25, 0.3) is 0 Å². The van der Waals surface area contributed by atoms with Gasteiger partial charge in [-0.1, -0.05) is 33.8 Å². The van der Waals surface area contributed by atoms with Crippen LogP contribution in [0.2, 0.25) is 0 Å². The first-order chi connectivity index (χ1) is 15.2. The van der Waals surface area contributed by atoms with Crippen LogP contribution < -0.4 is 4.90 Å². The molecule has 32 heavy (non-hydrogen) atoms. The summed E-state index contributed by atoms with van der Waals surface area (Å²) in [6.07, 6.45) is 4.21. The van der Waals surface area contributed by atoms with Crippen LogP contribution in [0.1, 0.15) is 55.7 Å². The van der Waals surface area contributed by atoms with Crippen LogP contribution in [0.25, 0.3) is 0 Å². The van der Waals surface area contributed by atoms with E-state index >= 15 is 0 Å². The van der Waals surface area contributed by atoms with E-state index in [-0.39, 0.29) is 17.7 Å². The number of hydrogen-bond acceptors (Lipinski definition) is 5. The van der Waals surface area contributed by atoms with Crippen molar-refractivity contribution in [3.8, 4) is 0 Å². The van der Waals surface area contributed by atoms with Gasteiger partial charge >= 0.3 is 0 Å². The summed E-state index contributed by atoms with van der Waals surface area (Å²) >= 11 is 3.37. The highest BCUT2D eigenvalue weighted by Gasteiger charge is 2.35. The summed E-state index contributed by atoms with van der Waals surface area (Å²) in [6.45, 7) is 10.5. The molecular weight excluding hydrogens is 438 g/mol. The number of carbonyl (C=O) groups is 2. The predicted octanol–water partition coefficient (Wildman–Crippen LogP) is 5.69. The van der Waals surface area contributed by atoms with Crippen LogP contribution >= 0.6 is 22.7 Å². The number of likely N-dealkylation sites (tertiary alicyclic amines) is 1. The van der Waals surface area contributed by atoms with Crippen molar-refractivity contribution in [2.75, 3.05) is 38.6 Å². The van der Waals surface area contributed by atoms with Gasteiger partial charge in [0.15, 0.2) is 0 Å². The molecule has 1 unspecified atom stereocenters. The fraction of sp³-hybridized carbons (Fsp3) is 0.520. The molecule has 0 aromatic carbocycles. The van der Waals surface area contributed by atoms with Crippen molar-refractivity contribution in [2.45, 2.75) is 46.0 Å². The predicted molar refractivity (Wildman–Crippen MR) is 136 cm³/mol. The lowest BCUT2D eigenvalue weighted by atomic mass is 10.1. The third kappa shape index (κ3) is 5.88. The van der Waals surface area contributed by atoms with Crippen molar-refractivity contribution in [1.82, 2.24) is 9.80 Å². The third-order valence-corrected chi connectivity index (χ3v) is 8.35. The number of hydrogen-bond donors (Lipinski definition) is 0. The van der Waals surface area contributed by atoms with E-state index < -0.39 is 0 Å². The van der Waals surface area contributed by atoms with Gasteiger partial charge in [0.1, 0.15) is 10.0 Å². The lowest BCUT2D eigenvalue weighted by molar-refractivity contribution is -0.125. The van der Waals surface area contributed by atoms with E-state index in [4.69, 9.17) is 0 Å². The molecular formula is C25H35N3O2S2. The monoisotopic (exact) mass is 473 g/mol. The lowest BCUT2D eigenvalue weighted by Gasteiger charge is -2.23. The SMILES string of the molecule is CC(C)c1ccc(N(C(=O)C2CCN(C(=O)/C=C/CN(C)C)C2)c2ccc(C(C)C)s2)s1. The highest BCUT2D eigenvalue weighted by molar-refractivity contribution is 7.18. The van der Waals surface area contributed by atoms with Gasteiger partial charge < -0.3 is 9.80 Å². The number of nitrogens with zero attached hydrogens (tertiary/aromatic N) is 3. The maximum Gasteiger partial charge on any atom is 0.246 e. The molecule has 0 radical (unpaired) electrons. The van der Waals surface area contributed by atoms with E-state index in [1.165, 1.54) is 9.75 Å². The Bertz CT molecular complexity index is 912. The molecule has 7 heteroatoms. The van der Waals surface area contributed by atoms with E-state index in [9.17, 15) is 9.59 Å². The molecule has 1 fully saturated rings. The van der Waals surface area contributed by atoms with E-state index in [0.29, 0.717) is 31.3 Å². The highest BCUT2D eigenvalue weighted by atomic mass is 32.1. The van der Waals surface area contributed by atoms with Gasteiger partial charge in [-0.05, 0) is 56.6 Å². The standard InChI is InChI=1S/C25H35N3O2S2/c1-17(2)20-9-11-23(31-20)28(24-12-10-21(32-24)18(3)4)25(30)19-13-15-27(16-19)22(29)8-7-14-26(5)6/h7-12,17-19H,13-16H2,1-6H3/b8-7+. The minimum atomic E-state index is -0.185. The van der Waals surface area contributed by atoms with E-state index in [1.54, 1.807) is 33.6 Å². The molecule has 5 nitrogen and oxygen atoms in total. The number of anilines is 2. The highest BCUT2D eigenvalue weighted by Crippen LogP contribution is 2.41. The van der Waals surface area contributed by atoms with Crippen LogP contribution in [0.4, 0.5) is 10.0 Å². The number of likely N-dealkylation sites (N-methyl/N-ethyl adjacent to an activating group) is 1. The number of thiophene rings is 2. The lowest BCUT2D eigenvalue weighted by Crippen LogP contribution is -2.34. The first-order valence-electron chi connectivity index (χ1n) is 11.3. The topological polar surface area (TPSA) is 43.9 Å². The summed E-state index contributed by atoms with van der Waals surface area (Å²) in [5.41, 5.74) is 0. The summed E-state index contributed by atoms with van der Waals surface area (Å²) < 4.78 is 0. The maximum atomic E-state index is 13.8. The molecule has 0 spiro atoms. The summed E-state index contributed by atoms with van der Waals surface area (Å²) in [4.78, 5) is 34.6. The number of carbonyl (C=O) groups excluding carboxylic acids is 2. The Morgan fingerprint density at radius 3 is 2.06 bits per heavy atom. The molecule has 1 saturated heterocycles. The summed E-state index contributed by atoms with van der Waals surface area (Å²) in [5, 5.41) is 1.93. The third-order valence-electron chi connectivity index (χ3n) is 5.60. The Hall–Kier alpha value is -1.96. The minimum absolute atomic E-state index is 0.00913. The molecule has 2 amide bonds. The van der Waals surface area contributed by atoms with Gasteiger partial charge in [-0.15, -0.1) is 22.7 Å². The Labute approximate surface area is 200 Å². The van der Waals surface area contributed by atoms with E-state index in [2.05, 4.69) is 52.0 Å². The van der Waals surface area contributed by atoms with Crippen LogP contribution in [0.5, 0.6) is 0 Å². The average molecular weight is 474 g/mol. The largest absolute Gasteiger partial charge is 0.338 e. The first kappa shape index (κ1) is 24.7. The second kappa shape index (κ2) is 10.8. The van der Waals surface area contributed by atoms with Gasteiger partial charge in [-0.2, -0.15) is 0 Å². The molecule has 2 aromatic heterocycles. The van der Waals surface area contributed by atoms with Crippen molar-refractivity contribution in [1.29, 1.82) is 0 Å². The second-order valence-corrected chi connectivity index (χ2v) is 11.5. The Morgan fingerprint density at radius 2 is 1.59 bits per heavy atom. The van der Waals surface area contributed by atoms with E-state index in [1.807, 2.05) is 30.0 Å². The molecule has 0 saturated carbocycles. The molecule has 0 bridgehead atoms. The average Bonchev–Trinajstić information content (AvgIpc) is 3.48. The van der Waals surface area contributed by atoms with Gasteiger partial charge in [-0.25, -0.2) is 0 Å². The summed E-state index contributed by atoms with van der Waals surface area (Å²) in [7, 11) is 3.94. The number of amides is 2. The van der Waals surface area contributed by atoms with Crippen molar-refractivity contribution in [3.05, 3.63) is 46.2 Å². The molecule has 174 valence electrons. The van der Waals surface area contributed by atoms with Gasteiger partial charge in [0.2, 0.25) is 11.8 Å². The molecule has 3 heterocycles. The normalized spacial score (nSPS) is 16.8. The van der Waals surface area contributed by atoms with Crippen LogP contribution in [0.3, 0.4) is 0 Å². The zero-order valence-electron chi connectivity index (χ0n) is 20.0. The van der Waals surface area contributed by atoms with Crippen LogP contribution in [-0.4, -0.2) is 55.3 Å². The quantitative estimate of drug-likeness (QED) is 0.463. The molecule has 3 rings (SSSR count). The molecule has 2 aromatic rings. The molecule has 0 N–H and O–H groups in total. The van der Waals surface area contributed by atoms with Crippen LogP contribution in [0.15, 0.2) is 36.4 Å². The van der Waals surface area contributed by atoms with Crippen LogP contribution in [-0.2, 0) is 9.59 Å². The fourth-order valence-electron chi connectivity index (χ4n) is 3.69. The molecule has 1 aliphatic rings. The summed E-state index contributed by atoms with van der Waals surface area (Å²) in [6, 6.07) is 8.38. The van der Waals surface area contributed by atoms with Crippen molar-refractivity contribution < 1.29 is 9.59 Å². The van der Waals surface area contributed by atoms with Gasteiger partial charge in [0.05, 0.1) is 5.92 Å². The molecule has 0 aliphatic carbocycles. The maximum absolute atomic E-state index is 13.8. The molecule has 1 atom stereocenters. The van der Waals surface area contributed by atoms with Crippen molar-refractivity contribution >= 4 is 44.5 Å². The fourth-order valence-corrected chi connectivity index (χ4v) is 5.80. The Balaban J connectivity index is 1.81. The minimum Gasteiger partial charge on any atom is -0.338 e. The zero-order valence-corrected chi connectivity index (χ0v) is 21.6. The number of rotatable bonds is 8.